The fraction of sp³-hybridized carbons (Fsp3) is 0.156. The van der Waals surface area contributed by atoms with Gasteiger partial charge in [-0.25, -0.2) is 22.8 Å². The molecule has 0 N–H and O–H groups in total. The standard InChI is InChI=1S/C22H16I3O3S.C21H16I3O4S2.C21H16I3O2S2/c1-29(13-19(26)14-5-3-2-4-6-14)16-9-7-15(8-10-16)28-22(27)20-17(23)11-12-18(24)21(20)25;22-15-5-6-16(23)20(24)19(15)21(25)28-17-7-8-18(14-4-2-1-3-13(14)17)29-9-11-30(26,27)12-10-29;22-15-5-6-16(23)20(24)19(15)21(25)26-17-7-8-18(28-11-9-27-10-12-28)14-4-2-1-3-13(14)17/h2-12H,13H2,1H3;1-8H,9-12H2;1-8H,9-12H2/q3*+1. The predicted molar refractivity (Wildman–Crippen MR) is 437 cm³/mol. The van der Waals surface area contributed by atoms with Crippen LogP contribution in [0.15, 0.2) is 178 Å². The average molecular weight is 2260 g/mol. The van der Waals surface area contributed by atoms with Crippen LogP contribution in [-0.2, 0) is 42.5 Å². The van der Waals surface area contributed by atoms with Crippen LogP contribution in [0.3, 0.4) is 0 Å². The molecule has 9 nitrogen and oxygen atoms in total. The molecule has 2 saturated heterocycles. The molecule has 2 aliphatic rings. The molecule has 0 aliphatic carbocycles. The number of fused-ring (bicyclic) bond motifs is 2. The van der Waals surface area contributed by atoms with E-state index < -0.39 is 9.84 Å². The summed E-state index contributed by atoms with van der Waals surface area (Å²) < 4.78 is 49.5. The van der Waals surface area contributed by atoms with Gasteiger partial charge in [0, 0.05) is 103 Å². The third-order valence-electron chi connectivity index (χ3n) is 13.6. The SMILES string of the molecule is C[S+](CC(=O)c1ccccc1)c1ccc(OC(=O)c2c(I)ccc(I)c2I)cc1.O=C(Oc1ccc([S+]2CCS(=O)(=O)CC2)c2ccccc12)c1c(I)ccc(I)c1I.O=C(Oc1ccc([S+]2CCSCC2)c2ccccc12)c1c(I)ccc(I)c1I. The Morgan fingerprint density at radius 3 is 1.26 bits per heavy atom. The lowest BCUT2D eigenvalue weighted by Crippen LogP contribution is -2.32. The summed E-state index contributed by atoms with van der Waals surface area (Å²) in [4.78, 5) is 54.7. The maximum atomic E-state index is 13.0. The predicted octanol–water partition coefficient (Wildman–Crippen LogP) is 18.1. The number of esters is 3. The van der Waals surface area contributed by atoms with Crippen molar-refractivity contribution in [2.24, 2.45) is 0 Å². The van der Waals surface area contributed by atoms with Gasteiger partial charge in [0.2, 0.25) is 5.78 Å². The van der Waals surface area contributed by atoms with Gasteiger partial charge in [0.05, 0.1) is 28.2 Å². The minimum atomic E-state index is -2.91. The highest BCUT2D eigenvalue weighted by atomic mass is 127. The summed E-state index contributed by atoms with van der Waals surface area (Å²) in [5.41, 5.74) is 2.55. The molecule has 1 unspecified atom stereocenters. The Hall–Kier alpha value is -0.500. The largest absolute Gasteiger partial charge is 0.423 e. The van der Waals surface area contributed by atoms with Crippen molar-refractivity contribution in [3.8, 4) is 17.2 Å². The molecule has 0 aromatic heterocycles. The lowest BCUT2D eigenvalue weighted by atomic mass is 10.1. The Bertz CT molecular complexity index is 4180. The van der Waals surface area contributed by atoms with Gasteiger partial charge in [-0.3, -0.25) is 4.79 Å². The number of benzene rings is 9. The maximum Gasteiger partial charge on any atom is 0.345 e. The minimum Gasteiger partial charge on any atom is -0.423 e. The topological polar surface area (TPSA) is 130 Å². The van der Waals surface area contributed by atoms with Crippen molar-refractivity contribution in [2.75, 3.05) is 58.0 Å². The zero-order valence-electron chi connectivity index (χ0n) is 45.6. The van der Waals surface area contributed by atoms with E-state index >= 15 is 0 Å². The molecule has 0 amide bonds. The van der Waals surface area contributed by atoms with Crippen LogP contribution in [0.4, 0.5) is 0 Å². The van der Waals surface area contributed by atoms with Crippen LogP contribution in [0.25, 0.3) is 21.5 Å². The summed E-state index contributed by atoms with van der Waals surface area (Å²) in [7, 11) is -2.97. The molecule has 87 heavy (non-hydrogen) atoms. The fourth-order valence-electron chi connectivity index (χ4n) is 9.12. The van der Waals surface area contributed by atoms with Crippen LogP contribution in [-0.4, -0.2) is 90.1 Å². The number of sulfone groups is 1. The zero-order chi connectivity index (χ0) is 62.1. The maximum absolute atomic E-state index is 13.0. The number of rotatable bonds is 12. The van der Waals surface area contributed by atoms with E-state index in [-0.39, 0.29) is 67.9 Å². The average Bonchev–Trinajstić information content (AvgIpc) is 2.31. The van der Waals surface area contributed by atoms with E-state index in [0.29, 0.717) is 51.2 Å². The molecule has 0 radical (unpaired) electrons. The highest BCUT2D eigenvalue weighted by Crippen LogP contribution is 2.38. The highest BCUT2D eigenvalue weighted by molar-refractivity contribution is 14.1. The smallest absolute Gasteiger partial charge is 0.345 e. The molecule has 1 atom stereocenters. The van der Waals surface area contributed by atoms with Crippen molar-refractivity contribution in [1.82, 2.24) is 0 Å². The Kier molecular flexibility index (Phi) is 27.1. The van der Waals surface area contributed by atoms with Crippen LogP contribution in [0.1, 0.15) is 41.4 Å². The molecule has 2 fully saturated rings. The van der Waals surface area contributed by atoms with Crippen molar-refractivity contribution >= 4 is 303 Å². The van der Waals surface area contributed by atoms with Gasteiger partial charge in [-0.15, -0.1) is 0 Å². The van der Waals surface area contributed by atoms with Gasteiger partial charge in [-0.1, -0.05) is 66.7 Å². The van der Waals surface area contributed by atoms with Gasteiger partial charge in [0.15, 0.2) is 30.3 Å². The Morgan fingerprint density at radius 2 is 0.828 bits per heavy atom. The van der Waals surface area contributed by atoms with E-state index in [1.807, 2.05) is 139 Å². The van der Waals surface area contributed by atoms with Crippen molar-refractivity contribution in [2.45, 2.75) is 14.7 Å². The summed E-state index contributed by atoms with van der Waals surface area (Å²) in [5.74, 6) is 7.99. The Labute approximate surface area is 642 Å². The molecule has 0 bridgehead atoms. The molecule has 2 aliphatic heterocycles. The molecule has 448 valence electrons. The van der Waals surface area contributed by atoms with Gasteiger partial charge >= 0.3 is 17.9 Å². The second-order valence-corrected chi connectivity index (χ2v) is 39.4. The first-order valence-corrected chi connectivity index (χ1v) is 43.9. The first-order chi connectivity index (χ1) is 41.7. The van der Waals surface area contributed by atoms with E-state index in [2.05, 4.69) is 234 Å². The van der Waals surface area contributed by atoms with Crippen molar-refractivity contribution in [3.05, 3.63) is 218 Å². The lowest BCUT2D eigenvalue weighted by Gasteiger charge is -2.17. The molecule has 0 saturated carbocycles. The summed E-state index contributed by atoms with van der Waals surface area (Å²) in [6.45, 7) is 0. The van der Waals surface area contributed by atoms with E-state index in [1.165, 1.54) is 33.3 Å². The third-order valence-corrected chi connectivity index (χ3v) is 35.6. The number of carbonyl (C=O) groups excluding carboxylic acids is 4. The Balaban J connectivity index is 0.000000156. The van der Waals surface area contributed by atoms with Crippen LogP contribution in [0, 0.1) is 32.1 Å². The number of carbonyl (C=O) groups is 4. The zero-order valence-corrected chi connectivity index (χ0v) is 69.1. The minimum absolute atomic E-state index is 0.120. The van der Waals surface area contributed by atoms with Crippen LogP contribution >= 0.6 is 215 Å². The quantitative estimate of drug-likeness (QED) is 0.0291. The first-order valence-electron chi connectivity index (χ1n) is 26.2. The summed E-state index contributed by atoms with van der Waals surface area (Å²) in [5, 5.41) is 4.14. The van der Waals surface area contributed by atoms with E-state index in [0.717, 1.165) is 63.6 Å². The monoisotopic (exact) mass is 2260 g/mol. The fourth-order valence-corrected chi connectivity index (χ4v) is 26.8. The molecule has 9 aromatic carbocycles. The number of thioether (sulfide) groups is 1. The number of halogens is 9. The molecule has 2 heterocycles. The van der Waals surface area contributed by atoms with Crippen molar-refractivity contribution in [1.29, 1.82) is 0 Å². The van der Waals surface area contributed by atoms with E-state index in [9.17, 15) is 27.6 Å². The number of hydrogen-bond acceptors (Lipinski definition) is 10. The second kappa shape index (κ2) is 33.3. The normalized spacial score (nSPS) is 14.4. The molecule has 23 heteroatoms. The second-order valence-electron chi connectivity index (χ2n) is 19.1. The number of Topliss-reactive ketones (excluding diaryl/α,β-unsaturated/α-hetero) is 1. The molecule has 0 spiro atoms. The summed E-state index contributed by atoms with van der Waals surface area (Å²) >= 11 is 21.8. The van der Waals surface area contributed by atoms with Crippen LogP contribution in [0.2, 0.25) is 0 Å². The van der Waals surface area contributed by atoms with Gasteiger partial charge in [0.25, 0.3) is 0 Å². The van der Waals surface area contributed by atoms with Gasteiger partial charge in [0.1, 0.15) is 46.5 Å². The van der Waals surface area contributed by atoms with Crippen LogP contribution < -0.4 is 14.2 Å². The van der Waals surface area contributed by atoms with Crippen LogP contribution in [0.5, 0.6) is 17.2 Å². The summed E-state index contributed by atoms with van der Waals surface area (Å²) in [6.07, 6.45) is 2.05. The third kappa shape index (κ3) is 18.3. The highest BCUT2D eigenvalue weighted by Gasteiger charge is 2.35. The van der Waals surface area contributed by atoms with E-state index in [4.69, 9.17) is 14.2 Å². The van der Waals surface area contributed by atoms with Gasteiger partial charge in [-0.2, -0.15) is 11.8 Å². The van der Waals surface area contributed by atoms with Gasteiger partial charge in [-0.05, 0) is 300 Å². The van der Waals surface area contributed by atoms with Crippen molar-refractivity contribution in [3.63, 3.8) is 0 Å². The lowest BCUT2D eigenvalue weighted by molar-refractivity contribution is 0.0723. The van der Waals surface area contributed by atoms with Gasteiger partial charge < -0.3 is 14.2 Å². The Morgan fingerprint density at radius 1 is 0.448 bits per heavy atom. The number of ketones is 1. The van der Waals surface area contributed by atoms with Crippen molar-refractivity contribution < 1.29 is 41.8 Å². The molecule has 11 rings (SSSR count). The summed E-state index contributed by atoms with van der Waals surface area (Å²) in [6, 6.07) is 52.7. The van der Waals surface area contributed by atoms with E-state index in [1.54, 1.807) is 12.1 Å². The first kappa shape index (κ1) is 70.8. The number of ether oxygens (including phenoxy) is 3. The number of hydrogen-bond donors (Lipinski definition) is 0. The molecular weight excluding hydrogens is 2220 g/mol. The molecular formula is C64H48I9O9S5+3. The molecule has 9 aromatic rings.